The molecule has 7 heteroatoms. The Labute approximate surface area is 172 Å². The Morgan fingerprint density at radius 1 is 1.20 bits per heavy atom. The maximum atomic E-state index is 15.4. The van der Waals surface area contributed by atoms with E-state index >= 15 is 4.39 Å². The second kappa shape index (κ2) is 8.66. The molecule has 1 N–H and O–H groups in total. The summed E-state index contributed by atoms with van der Waals surface area (Å²) in [6, 6.07) is 9.50. The lowest BCUT2D eigenvalue weighted by Crippen LogP contribution is -2.22. The number of hydrogen-bond donors (Lipinski definition) is 1. The summed E-state index contributed by atoms with van der Waals surface area (Å²) >= 11 is 0. The van der Waals surface area contributed by atoms with Crippen molar-refractivity contribution in [2.45, 2.75) is 45.2 Å². The number of carboxylic acids is 1. The SMILES string of the molecule is CC(C)CC(C(=O)O)c1cc(-c2ccccc2)c(OCC2CC2)c(F)c1C(F)(F)F. The first kappa shape index (κ1) is 22.1. The van der Waals surface area contributed by atoms with Crippen LogP contribution in [0.3, 0.4) is 0 Å². The lowest BCUT2D eigenvalue weighted by atomic mass is 9.84. The van der Waals surface area contributed by atoms with Crippen LogP contribution < -0.4 is 4.74 Å². The first-order chi connectivity index (χ1) is 14.1. The van der Waals surface area contributed by atoms with E-state index < -0.39 is 40.8 Å². The summed E-state index contributed by atoms with van der Waals surface area (Å²) in [5.41, 5.74) is -1.53. The average molecular weight is 424 g/mol. The lowest BCUT2D eigenvalue weighted by Gasteiger charge is -2.24. The van der Waals surface area contributed by atoms with Crippen molar-refractivity contribution in [3.63, 3.8) is 0 Å². The van der Waals surface area contributed by atoms with Gasteiger partial charge in [0.2, 0.25) is 0 Å². The molecule has 0 aliphatic heterocycles. The molecule has 0 saturated heterocycles. The molecule has 0 spiro atoms. The van der Waals surface area contributed by atoms with Crippen LogP contribution in [0.5, 0.6) is 5.75 Å². The number of hydrogen-bond acceptors (Lipinski definition) is 2. The molecule has 0 amide bonds. The predicted octanol–water partition coefficient (Wildman–Crippen LogP) is 6.51. The molecule has 2 aromatic rings. The zero-order chi connectivity index (χ0) is 22.1. The Kier molecular flexibility index (Phi) is 6.38. The van der Waals surface area contributed by atoms with Crippen molar-refractivity contribution < 1.29 is 32.2 Å². The molecule has 0 radical (unpaired) electrons. The molecule has 1 atom stereocenters. The lowest BCUT2D eigenvalue weighted by molar-refractivity contribution is -0.143. The topological polar surface area (TPSA) is 46.5 Å². The third-order valence-corrected chi connectivity index (χ3v) is 5.16. The maximum absolute atomic E-state index is 15.4. The van der Waals surface area contributed by atoms with Gasteiger partial charge in [0, 0.05) is 5.56 Å². The minimum Gasteiger partial charge on any atom is -0.490 e. The Morgan fingerprint density at radius 3 is 2.33 bits per heavy atom. The zero-order valence-electron chi connectivity index (χ0n) is 16.8. The van der Waals surface area contributed by atoms with E-state index in [0.717, 1.165) is 18.9 Å². The molecule has 0 bridgehead atoms. The normalized spacial score (nSPS) is 15.3. The van der Waals surface area contributed by atoms with Crippen molar-refractivity contribution in [1.82, 2.24) is 0 Å². The maximum Gasteiger partial charge on any atom is 0.419 e. The highest BCUT2D eigenvalue weighted by atomic mass is 19.4. The molecule has 0 aromatic heterocycles. The molecule has 1 fully saturated rings. The van der Waals surface area contributed by atoms with Gasteiger partial charge in [0.25, 0.3) is 0 Å². The van der Waals surface area contributed by atoms with Gasteiger partial charge in [0.1, 0.15) is 0 Å². The van der Waals surface area contributed by atoms with Crippen LogP contribution in [-0.4, -0.2) is 17.7 Å². The molecule has 1 unspecified atom stereocenters. The highest BCUT2D eigenvalue weighted by molar-refractivity contribution is 5.80. The van der Waals surface area contributed by atoms with Crippen LogP contribution in [0.1, 0.15) is 50.2 Å². The Hall–Kier alpha value is -2.57. The summed E-state index contributed by atoms with van der Waals surface area (Å²) in [5.74, 6) is -4.92. The van der Waals surface area contributed by atoms with Gasteiger partial charge in [-0.1, -0.05) is 44.2 Å². The molecular weight excluding hydrogens is 400 g/mol. The smallest absolute Gasteiger partial charge is 0.419 e. The van der Waals surface area contributed by atoms with Gasteiger partial charge in [-0.15, -0.1) is 0 Å². The Bertz CT molecular complexity index is 903. The van der Waals surface area contributed by atoms with Crippen LogP contribution in [0, 0.1) is 17.7 Å². The Morgan fingerprint density at radius 2 is 1.83 bits per heavy atom. The van der Waals surface area contributed by atoms with Crippen molar-refractivity contribution in [3.8, 4) is 16.9 Å². The van der Waals surface area contributed by atoms with E-state index in [0.29, 0.717) is 5.56 Å². The van der Waals surface area contributed by atoms with Crippen LogP contribution in [0.25, 0.3) is 11.1 Å². The van der Waals surface area contributed by atoms with Crippen molar-refractivity contribution >= 4 is 5.97 Å². The molecule has 1 aliphatic rings. The third kappa shape index (κ3) is 4.94. The second-order valence-electron chi connectivity index (χ2n) is 8.17. The second-order valence-corrected chi connectivity index (χ2v) is 8.17. The summed E-state index contributed by atoms with van der Waals surface area (Å²) in [5, 5.41) is 9.65. The number of alkyl halides is 3. The number of halogens is 4. The average Bonchev–Trinajstić information content (AvgIpc) is 3.48. The highest BCUT2D eigenvalue weighted by Gasteiger charge is 2.43. The third-order valence-electron chi connectivity index (χ3n) is 5.16. The zero-order valence-corrected chi connectivity index (χ0v) is 16.8. The van der Waals surface area contributed by atoms with Crippen LogP contribution in [0.15, 0.2) is 36.4 Å². The van der Waals surface area contributed by atoms with E-state index in [1.165, 1.54) is 0 Å². The minimum atomic E-state index is -5.06. The van der Waals surface area contributed by atoms with Gasteiger partial charge < -0.3 is 9.84 Å². The van der Waals surface area contributed by atoms with Crippen LogP contribution in [-0.2, 0) is 11.0 Å². The van der Waals surface area contributed by atoms with Crippen LogP contribution in [0.2, 0.25) is 0 Å². The van der Waals surface area contributed by atoms with E-state index in [9.17, 15) is 23.1 Å². The summed E-state index contributed by atoms with van der Waals surface area (Å²) in [7, 11) is 0. The fourth-order valence-electron chi connectivity index (χ4n) is 3.51. The number of ether oxygens (including phenoxy) is 1. The van der Waals surface area contributed by atoms with E-state index in [-0.39, 0.29) is 30.4 Å². The van der Waals surface area contributed by atoms with Crippen molar-refractivity contribution in [1.29, 1.82) is 0 Å². The molecule has 162 valence electrons. The molecule has 0 heterocycles. The fourth-order valence-corrected chi connectivity index (χ4v) is 3.51. The standard InChI is InChI=1S/C23H24F4O3/c1-13(2)10-18(22(28)29)17-11-16(15-6-4-3-5-7-15)21(30-12-14-8-9-14)20(24)19(17)23(25,26)27/h3-7,11,13-14,18H,8-10,12H2,1-2H3,(H,28,29). The monoisotopic (exact) mass is 424 g/mol. The van der Waals surface area contributed by atoms with E-state index in [4.69, 9.17) is 4.74 Å². The van der Waals surface area contributed by atoms with Crippen molar-refractivity contribution in [3.05, 3.63) is 53.3 Å². The van der Waals surface area contributed by atoms with Crippen LogP contribution in [0.4, 0.5) is 17.6 Å². The minimum absolute atomic E-state index is 0.0473. The fraction of sp³-hybridized carbons (Fsp3) is 0.435. The summed E-state index contributed by atoms with van der Waals surface area (Å²) in [6.07, 6.45) is -3.32. The number of benzene rings is 2. The van der Waals surface area contributed by atoms with Gasteiger partial charge in [-0.3, -0.25) is 4.79 Å². The largest absolute Gasteiger partial charge is 0.490 e. The molecule has 3 rings (SSSR count). The first-order valence-corrected chi connectivity index (χ1v) is 9.94. The van der Waals surface area contributed by atoms with Crippen LogP contribution >= 0.6 is 0 Å². The van der Waals surface area contributed by atoms with Gasteiger partial charge in [0.15, 0.2) is 11.6 Å². The summed E-state index contributed by atoms with van der Waals surface area (Å²) in [6.45, 7) is 3.55. The molecule has 2 aromatic carbocycles. The molecule has 1 aliphatic carbocycles. The van der Waals surface area contributed by atoms with Gasteiger partial charge in [-0.2, -0.15) is 13.2 Å². The van der Waals surface area contributed by atoms with Gasteiger partial charge in [-0.25, -0.2) is 4.39 Å². The first-order valence-electron chi connectivity index (χ1n) is 9.94. The number of rotatable bonds is 8. The van der Waals surface area contributed by atoms with E-state index in [1.54, 1.807) is 44.2 Å². The predicted molar refractivity (Wildman–Crippen MR) is 105 cm³/mol. The quantitative estimate of drug-likeness (QED) is 0.491. The van der Waals surface area contributed by atoms with Gasteiger partial charge in [-0.05, 0) is 48.3 Å². The number of aliphatic carboxylic acids is 1. The number of carboxylic acid groups (broad SMARTS) is 1. The molecular formula is C23H24F4O3. The summed E-state index contributed by atoms with van der Waals surface area (Å²) < 4.78 is 62.6. The van der Waals surface area contributed by atoms with Gasteiger partial charge in [0.05, 0.1) is 18.1 Å². The molecule has 1 saturated carbocycles. The summed E-state index contributed by atoms with van der Waals surface area (Å²) in [4.78, 5) is 11.9. The highest BCUT2D eigenvalue weighted by Crippen LogP contribution is 2.46. The van der Waals surface area contributed by atoms with Crippen molar-refractivity contribution in [2.75, 3.05) is 6.61 Å². The van der Waals surface area contributed by atoms with E-state index in [1.807, 2.05) is 0 Å². The Balaban J connectivity index is 2.26. The van der Waals surface area contributed by atoms with Crippen molar-refractivity contribution in [2.24, 2.45) is 11.8 Å². The molecule has 30 heavy (non-hydrogen) atoms. The van der Waals surface area contributed by atoms with E-state index in [2.05, 4.69) is 0 Å². The number of carbonyl (C=O) groups is 1. The molecule has 3 nitrogen and oxygen atoms in total. The van der Waals surface area contributed by atoms with Gasteiger partial charge >= 0.3 is 12.1 Å².